The highest BCUT2D eigenvalue weighted by Gasteiger charge is 2.41. The molecule has 1 saturated heterocycles. The number of para-hydroxylation sites is 1. The van der Waals surface area contributed by atoms with E-state index in [1.807, 2.05) is 42.2 Å². The van der Waals surface area contributed by atoms with E-state index in [0.717, 1.165) is 54.7 Å². The molecule has 4 rings (SSSR count). The van der Waals surface area contributed by atoms with Crippen LogP contribution in [-0.4, -0.2) is 50.1 Å². The molecule has 0 saturated carbocycles. The van der Waals surface area contributed by atoms with Crippen LogP contribution >= 0.6 is 0 Å². The largest absolute Gasteiger partial charge is 0.496 e. The maximum Gasteiger partial charge on any atom is 0.226 e. The number of amides is 2. The molecule has 35 heavy (non-hydrogen) atoms. The Labute approximate surface area is 209 Å². The van der Waals surface area contributed by atoms with E-state index in [2.05, 4.69) is 17.4 Å². The van der Waals surface area contributed by atoms with Crippen LogP contribution in [0.1, 0.15) is 55.2 Å². The monoisotopic (exact) mass is 478 g/mol. The number of rotatable bonds is 3. The van der Waals surface area contributed by atoms with Crippen molar-refractivity contribution in [2.45, 2.75) is 58.3 Å². The number of likely N-dealkylation sites (tertiary alicyclic amines) is 1. The van der Waals surface area contributed by atoms with Crippen molar-refractivity contribution < 1.29 is 19.1 Å². The number of fused-ring (bicyclic) bond motifs is 1. The van der Waals surface area contributed by atoms with Crippen molar-refractivity contribution in [2.24, 2.45) is 5.41 Å². The summed E-state index contributed by atoms with van der Waals surface area (Å²) in [7, 11) is 1.66. The number of nitrogens with one attached hydrogen (secondary N) is 1. The van der Waals surface area contributed by atoms with Crippen LogP contribution in [0.25, 0.3) is 0 Å². The van der Waals surface area contributed by atoms with E-state index < -0.39 is 5.41 Å². The topological polar surface area (TPSA) is 67.9 Å². The molecule has 0 bridgehead atoms. The van der Waals surface area contributed by atoms with Gasteiger partial charge in [0, 0.05) is 13.1 Å². The molecule has 2 heterocycles. The van der Waals surface area contributed by atoms with E-state index in [0.29, 0.717) is 45.5 Å². The number of aryl methyl sites for hydroxylation is 2. The zero-order valence-electron chi connectivity index (χ0n) is 21.1. The highest BCUT2D eigenvalue weighted by atomic mass is 16.5. The van der Waals surface area contributed by atoms with Gasteiger partial charge in [-0.3, -0.25) is 9.59 Å². The Morgan fingerprint density at radius 3 is 2.66 bits per heavy atom. The predicted molar refractivity (Wildman–Crippen MR) is 137 cm³/mol. The summed E-state index contributed by atoms with van der Waals surface area (Å²) in [4.78, 5) is 28.3. The first-order valence-electron chi connectivity index (χ1n) is 12.9. The first-order chi connectivity index (χ1) is 17.0. The van der Waals surface area contributed by atoms with E-state index in [4.69, 9.17) is 9.47 Å². The number of methoxy groups -OCH3 is 1. The Morgan fingerprint density at radius 1 is 1.09 bits per heavy atom. The summed E-state index contributed by atoms with van der Waals surface area (Å²) < 4.78 is 11.3. The Hall–Kier alpha value is -3.02. The molecule has 6 heteroatoms. The fourth-order valence-electron chi connectivity index (χ4n) is 5.43. The lowest BCUT2D eigenvalue weighted by atomic mass is 9.73. The minimum atomic E-state index is -0.394. The molecule has 2 aromatic rings. The van der Waals surface area contributed by atoms with E-state index in [1.165, 1.54) is 5.56 Å². The summed E-state index contributed by atoms with van der Waals surface area (Å²) in [5.74, 6) is 2.00. The van der Waals surface area contributed by atoms with Crippen LogP contribution < -0.4 is 14.8 Å². The van der Waals surface area contributed by atoms with Crippen molar-refractivity contribution >= 4 is 11.8 Å². The number of carbonyl (C=O) groups excluding carboxylic acids is 2. The van der Waals surface area contributed by atoms with Crippen LogP contribution in [-0.2, 0) is 22.4 Å². The van der Waals surface area contributed by atoms with Crippen molar-refractivity contribution in [2.75, 3.05) is 33.4 Å². The quantitative estimate of drug-likeness (QED) is 0.707. The predicted octanol–water partition coefficient (Wildman–Crippen LogP) is 4.47. The Morgan fingerprint density at radius 2 is 1.89 bits per heavy atom. The average molecular weight is 479 g/mol. The summed E-state index contributed by atoms with van der Waals surface area (Å²) in [6, 6.07) is 14.1. The summed E-state index contributed by atoms with van der Waals surface area (Å²) in [5.41, 5.74) is 2.87. The van der Waals surface area contributed by atoms with E-state index in [9.17, 15) is 9.59 Å². The van der Waals surface area contributed by atoms with Gasteiger partial charge in [0.25, 0.3) is 0 Å². The molecule has 1 N–H and O–H groups in total. The maximum atomic E-state index is 13.3. The molecule has 6 nitrogen and oxygen atoms in total. The van der Waals surface area contributed by atoms with E-state index >= 15 is 0 Å². The molecule has 0 atom stereocenters. The zero-order chi connectivity index (χ0) is 24.7. The van der Waals surface area contributed by atoms with Gasteiger partial charge in [-0.25, -0.2) is 0 Å². The van der Waals surface area contributed by atoms with Crippen LogP contribution in [0.4, 0.5) is 0 Å². The molecule has 2 aromatic carbocycles. The third kappa shape index (κ3) is 6.16. The first-order valence-corrected chi connectivity index (χ1v) is 12.9. The van der Waals surface area contributed by atoms with E-state index in [1.54, 1.807) is 7.11 Å². The molecular weight excluding hydrogens is 440 g/mol. The van der Waals surface area contributed by atoms with Gasteiger partial charge in [-0.2, -0.15) is 0 Å². The van der Waals surface area contributed by atoms with Crippen LogP contribution in [0.3, 0.4) is 0 Å². The maximum absolute atomic E-state index is 13.3. The smallest absolute Gasteiger partial charge is 0.226 e. The zero-order valence-corrected chi connectivity index (χ0v) is 21.1. The van der Waals surface area contributed by atoms with Crippen molar-refractivity contribution in [3.05, 3.63) is 59.2 Å². The molecule has 188 valence electrons. The van der Waals surface area contributed by atoms with Gasteiger partial charge < -0.3 is 19.7 Å². The number of piperidine rings is 1. The molecule has 0 radical (unpaired) electrons. The number of hydrogen-bond acceptors (Lipinski definition) is 4. The lowest BCUT2D eigenvalue weighted by Gasteiger charge is -2.41. The molecule has 1 spiro atoms. The molecule has 0 aromatic heterocycles. The van der Waals surface area contributed by atoms with Crippen LogP contribution in [0, 0.1) is 12.3 Å². The molecular formula is C29H38N2O4. The Bertz CT molecular complexity index is 1030. The molecule has 0 unspecified atom stereocenters. The standard InChI is InChI=1S/C29H38N2O4/c1-22-20-23(11-12-25(22)34-2)21-27(32)31-17-14-29(15-18-31)13-7-3-4-8-24-9-5-6-10-26(24)35-19-16-30-28(29)33/h5-6,9-12,20H,3-4,7-8,13-19,21H2,1-2H3,(H,30,33). The minimum Gasteiger partial charge on any atom is -0.496 e. The van der Waals surface area contributed by atoms with Crippen LogP contribution in [0.2, 0.25) is 0 Å². The SMILES string of the molecule is COc1ccc(CC(=O)N2CCC3(CCCCCc4ccccc4OCCNC3=O)CC2)cc1C. The molecule has 2 aliphatic heterocycles. The highest BCUT2D eigenvalue weighted by Crippen LogP contribution is 2.38. The lowest BCUT2D eigenvalue weighted by Crippen LogP contribution is -2.51. The van der Waals surface area contributed by atoms with Gasteiger partial charge in [0.1, 0.15) is 18.1 Å². The van der Waals surface area contributed by atoms with Gasteiger partial charge >= 0.3 is 0 Å². The molecule has 2 aliphatic rings. The summed E-state index contributed by atoms with van der Waals surface area (Å²) >= 11 is 0. The molecule has 2 amide bonds. The number of nitrogens with zero attached hydrogens (tertiary/aromatic N) is 1. The fourth-order valence-corrected chi connectivity index (χ4v) is 5.43. The number of carbonyl (C=O) groups is 2. The first kappa shape index (κ1) is 25.1. The number of ether oxygens (including phenoxy) is 2. The average Bonchev–Trinajstić information content (AvgIpc) is 2.88. The second-order valence-electron chi connectivity index (χ2n) is 9.91. The van der Waals surface area contributed by atoms with Gasteiger partial charge in [-0.05, 0) is 67.9 Å². The van der Waals surface area contributed by atoms with E-state index in [-0.39, 0.29) is 11.8 Å². The van der Waals surface area contributed by atoms with Gasteiger partial charge in [-0.1, -0.05) is 43.2 Å². The second-order valence-corrected chi connectivity index (χ2v) is 9.91. The minimum absolute atomic E-state index is 0.117. The number of hydrogen-bond donors (Lipinski definition) is 1. The highest BCUT2D eigenvalue weighted by molar-refractivity contribution is 5.84. The summed E-state index contributed by atoms with van der Waals surface area (Å²) in [5, 5.41) is 3.13. The normalized spacial score (nSPS) is 18.8. The van der Waals surface area contributed by atoms with Crippen molar-refractivity contribution in [1.29, 1.82) is 0 Å². The van der Waals surface area contributed by atoms with Gasteiger partial charge in [-0.15, -0.1) is 0 Å². The van der Waals surface area contributed by atoms with Gasteiger partial charge in [0.05, 0.1) is 25.5 Å². The molecule has 1 fully saturated rings. The molecule has 0 aliphatic carbocycles. The summed E-state index contributed by atoms with van der Waals surface area (Å²) in [6.45, 7) is 4.21. The van der Waals surface area contributed by atoms with Crippen molar-refractivity contribution in [3.8, 4) is 11.5 Å². The third-order valence-corrected chi connectivity index (χ3v) is 7.59. The second kappa shape index (κ2) is 11.6. The Kier molecular flexibility index (Phi) is 8.32. The number of benzene rings is 2. The summed E-state index contributed by atoms with van der Waals surface area (Å²) in [6.07, 6.45) is 6.88. The lowest BCUT2D eigenvalue weighted by molar-refractivity contribution is -0.140. The van der Waals surface area contributed by atoms with Crippen LogP contribution in [0.15, 0.2) is 42.5 Å². The Balaban J connectivity index is 1.35. The van der Waals surface area contributed by atoms with Crippen molar-refractivity contribution in [1.82, 2.24) is 10.2 Å². The van der Waals surface area contributed by atoms with Crippen molar-refractivity contribution in [3.63, 3.8) is 0 Å². The van der Waals surface area contributed by atoms with Gasteiger partial charge in [0.2, 0.25) is 11.8 Å². The van der Waals surface area contributed by atoms with Gasteiger partial charge in [0.15, 0.2) is 0 Å². The third-order valence-electron chi connectivity index (χ3n) is 7.59. The van der Waals surface area contributed by atoms with Crippen LogP contribution in [0.5, 0.6) is 11.5 Å². The fraction of sp³-hybridized carbons (Fsp3) is 0.517.